The minimum Gasteiger partial charge on any atom is -0.444 e. The average Bonchev–Trinajstić information content (AvgIpc) is 2.60. The monoisotopic (exact) mass is 412 g/mol. The summed E-state index contributed by atoms with van der Waals surface area (Å²) < 4.78 is 28.2. The number of guanidine groups is 1. The van der Waals surface area contributed by atoms with E-state index in [1.807, 2.05) is 45.0 Å². The molecule has 3 N–H and O–H groups in total. The van der Waals surface area contributed by atoms with Crippen LogP contribution in [0.1, 0.15) is 33.3 Å². The third-order valence-electron chi connectivity index (χ3n) is 3.67. The number of hydrogen-bond acceptors (Lipinski definition) is 5. The smallest absolute Gasteiger partial charge is 0.412 e. The normalized spacial score (nSPS) is 12.4. The van der Waals surface area contributed by atoms with Crippen LogP contribution in [0.4, 0.5) is 10.5 Å². The van der Waals surface area contributed by atoms with E-state index in [0.717, 1.165) is 12.0 Å². The van der Waals surface area contributed by atoms with Gasteiger partial charge in [-0.05, 0) is 44.9 Å². The van der Waals surface area contributed by atoms with Crippen LogP contribution >= 0.6 is 0 Å². The number of nitrogens with one attached hydrogen (secondary N) is 3. The van der Waals surface area contributed by atoms with Gasteiger partial charge in [-0.3, -0.25) is 10.3 Å². The Morgan fingerprint density at radius 1 is 1.11 bits per heavy atom. The standard InChI is InChI=1S/C19H32N4O4S/c1-6-28(25,26)14-13-22-17(20-5)21-12-11-15-7-9-16(10-8-15)23-18(24)27-19(2,3)4/h7-10H,6,11-14H2,1-5H3,(H,23,24)(H2,20,21,22). The lowest BCUT2D eigenvalue weighted by molar-refractivity contribution is 0.0636. The number of ether oxygens (including phenoxy) is 1. The van der Waals surface area contributed by atoms with E-state index in [0.29, 0.717) is 24.7 Å². The van der Waals surface area contributed by atoms with Crippen LogP contribution in [-0.2, 0) is 21.0 Å². The van der Waals surface area contributed by atoms with Crippen LogP contribution in [0.25, 0.3) is 0 Å². The van der Waals surface area contributed by atoms with Crippen LogP contribution in [-0.4, -0.2) is 57.7 Å². The van der Waals surface area contributed by atoms with Crippen LogP contribution < -0.4 is 16.0 Å². The predicted octanol–water partition coefficient (Wildman–Crippen LogP) is 2.18. The lowest BCUT2D eigenvalue weighted by Crippen LogP contribution is -2.40. The van der Waals surface area contributed by atoms with Gasteiger partial charge in [0.1, 0.15) is 5.60 Å². The lowest BCUT2D eigenvalue weighted by Gasteiger charge is -2.19. The first-order chi connectivity index (χ1) is 13.0. The van der Waals surface area contributed by atoms with E-state index >= 15 is 0 Å². The average molecular weight is 413 g/mol. The Morgan fingerprint density at radius 3 is 2.25 bits per heavy atom. The van der Waals surface area contributed by atoms with Crippen LogP contribution in [0.3, 0.4) is 0 Å². The van der Waals surface area contributed by atoms with Crippen molar-refractivity contribution in [3.63, 3.8) is 0 Å². The van der Waals surface area contributed by atoms with Crippen LogP contribution in [0.2, 0.25) is 0 Å². The van der Waals surface area contributed by atoms with Crippen molar-refractivity contribution in [2.75, 3.05) is 37.0 Å². The molecule has 9 heteroatoms. The Kier molecular flexibility index (Phi) is 9.24. The fourth-order valence-corrected chi connectivity index (χ4v) is 2.89. The molecular weight excluding hydrogens is 380 g/mol. The molecule has 8 nitrogen and oxygen atoms in total. The number of anilines is 1. The van der Waals surface area contributed by atoms with E-state index in [4.69, 9.17) is 4.74 Å². The van der Waals surface area contributed by atoms with Gasteiger partial charge in [-0.1, -0.05) is 19.1 Å². The highest BCUT2D eigenvalue weighted by atomic mass is 32.2. The molecule has 0 aromatic heterocycles. The van der Waals surface area contributed by atoms with Gasteiger partial charge in [-0.15, -0.1) is 0 Å². The summed E-state index contributed by atoms with van der Waals surface area (Å²) in [5, 5.41) is 8.84. The van der Waals surface area contributed by atoms with Gasteiger partial charge in [0.2, 0.25) is 0 Å². The SMILES string of the molecule is CCS(=O)(=O)CCNC(=NC)NCCc1ccc(NC(=O)OC(C)(C)C)cc1. The fraction of sp³-hybridized carbons (Fsp3) is 0.579. The van der Waals surface area contributed by atoms with E-state index in [9.17, 15) is 13.2 Å². The molecule has 0 saturated heterocycles. The van der Waals surface area contributed by atoms with Crippen molar-refractivity contribution in [3.05, 3.63) is 29.8 Å². The minimum absolute atomic E-state index is 0.0797. The number of carbonyl (C=O) groups is 1. The Bertz CT molecular complexity index is 753. The Labute approximate surface area is 168 Å². The fourth-order valence-electron chi connectivity index (χ4n) is 2.19. The molecule has 158 valence electrons. The Hall–Kier alpha value is -2.29. The first kappa shape index (κ1) is 23.7. The highest BCUT2D eigenvalue weighted by Gasteiger charge is 2.16. The van der Waals surface area contributed by atoms with Crippen molar-refractivity contribution in [1.82, 2.24) is 10.6 Å². The number of aliphatic imine (C=N–C) groups is 1. The van der Waals surface area contributed by atoms with Gasteiger partial charge >= 0.3 is 6.09 Å². The van der Waals surface area contributed by atoms with Crippen molar-refractivity contribution in [1.29, 1.82) is 0 Å². The van der Waals surface area contributed by atoms with Crippen LogP contribution in [0.15, 0.2) is 29.3 Å². The number of hydrogen-bond donors (Lipinski definition) is 3. The molecule has 1 rings (SSSR count). The van der Waals surface area contributed by atoms with Crippen molar-refractivity contribution in [3.8, 4) is 0 Å². The summed E-state index contributed by atoms with van der Waals surface area (Å²) in [5.41, 5.74) is 1.22. The van der Waals surface area contributed by atoms with E-state index < -0.39 is 21.5 Å². The molecule has 0 bridgehead atoms. The summed E-state index contributed by atoms with van der Waals surface area (Å²) in [5.74, 6) is 0.782. The minimum atomic E-state index is -2.99. The number of sulfone groups is 1. The topological polar surface area (TPSA) is 109 Å². The summed E-state index contributed by atoms with van der Waals surface area (Å²) in [6.07, 6.45) is 0.266. The molecule has 0 spiro atoms. The van der Waals surface area contributed by atoms with E-state index in [2.05, 4.69) is 20.9 Å². The zero-order chi connectivity index (χ0) is 21.2. The summed E-state index contributed by atoms with van der Waals surface area (Å²) in [6, 6.07) is 7.50. The molecule has 1 amide bonds. The van der Waals surface area contributed by atoms with Gasteiger partial charge in [0.25, 0.3) is 0 Å². The molecule has 0 fully saturated rings. The summed E-state index contributed by atoms with van der Waals surface area (Å²) >= 11 is 0. The second-order valence-corrected chi connectivity index (χ2v) is 9.71. The Morgan fingerprint density at radius 2 is 1.71 bits per heavy atom. The second-order valence-electron chi connectivity index (χ2n) is 7.24. The number of carbonyl (C=O) groups excluding carboxylic acids is 1. The highest BCUT2D eigenvalue weighted by Crippen LogP contribution is 2.13. The van der Waals surface area contributed by atoms with Crippen molar-refractivity contribution >= 4 is 27.6 Å². The molecular formula is C19H32N4O4S. The molecule has 0 aliphatic heterocycles. The number of nitrogens with zero attached hydrogens (tertiary/aromatic N) is 1. The largest absolute Gasteiger partial charge is 0.444 e. The van der Waals surface area contributed by atoms with Gasteiger partial charge in [0, 0.05) is 31.6 Å². The van der Waals surface area contributed by atoms with Crippen molar-refractivity contribution < 1.29 is 17.9 Å². The zero-order valence-electron chi connectivity index (χ0n) is 17.3. The van der Waals surface area contributed by atoms with Gasteiger partial charge in [0.05, 0.1) is 5.75 Å². The quantitative estimate of drug-likeness (QED) is 0.446. The number of benzene rings is 1. The molecule has 0 atom stereocenters. The summed E-state index contributed by atoms with van der Waals surface area (Å²) in [6.45, 7) is 8.03. The Balaban J connectivity index is 2.39. The van der Waals surface area contributed by atoms with Crippen molar-refractivity contribution in [2.45, 2.75) is 39.7 Å². The van der Waals surface area contributed by atoms with Gasteiger partial charge in [-0.25, -0.2) is 13.2 Å². The maximum atomic E-state index is 11.8. The van der Waals surface area contributed by atoms with Gasteiger partial charge in [0.15, 0.2) is 15.8 Å². The molecule has 0 saturated carbocycles. The molecule has 0 aliphatic carbocycles. The highest BCUT2D eigenvalue weighted by molar-refractivity contribution is 7.91. The van der Waals surface area contributed by atoms with E-state index in [1.165, 1.54) is 0 Å². The van der Waals surface area contributed by atoms with Crippen LogP contribution in [0, 0.1) is 0 Å². The van der Waals surface area contributed by atoms with Gasteiger partial charge < -0.3 is 15.4 Å². The molecule has 28 heavy (non-hydrogen) atoms. The molecule has 1 aromatic carbocycles. The number of amides is 1. The molecule has 0 radical (unpaired) electrons. The third-order valence-corrected chi connectivity index (χ3v) is 5.38. The van der Waals surface area contributed by atoms with E-state index in [-0.39, 0.29) is 11.5 Å². The molecule has 0 aliphatic rings. The maximum absolute atomic E-state index is 11.8. The second kappa shape index (κ2) is 10.9. The van der Waals surface area contributed by atoms with Gasteiger partial charge in [-0.2, -0.15) is 0 Å². The summed E-state index contributed by atoms with van der Waals surface area (Å²) in [4.78, 5) is 15.8. The van der Waals surface area contributed by atoms with Crippen molar-refractivity contribution in [2.24, 2.45) is 4.99 Å². The molecule has 0 unspecified atom stereocenters. The molecule has 1 aromatic rings. The third kappa shape index (κ3) is 10.1. The first-order valence-electron chi connectivity index (χ1n) is 9.28. The molecule has 0 heterocycles. The van der Waals surface area contributed by atoms with Crippen LogP contribution in [0.5, 0.6) is 0 Å². The predicted molar refractivity (Wildman–Crippen MR) is 114 cm³/mol. The number of rotatable bonds is 8. The van der Waals surface area contributed by atoms with E-state index in [1.54, 1.807) is 14.0 Å². The first-order valence-corrected chi connectivity index (χ1v) is 11.1. The zero-order valence-corrected chi connectivity index (χ0v) is 18.1. The summed E-state index contributed by atoms with van der Waals surface area (Å²) in [7, 11) is -1.35. The maximum Gasteiger partial charge on any atom is 0.412 e. The lowest BCUT2D eigenvalue weighted by atomic mass is 10.1.